The lowest BCUT2D eigenvalue weighted by atomic mass is 10.0. The van der Waals surface area contributed by atoms with E-state index in [0.717, 1.165) is 22.4 Å². The zero-order valence-corrected chi connectivity index (χ0v) is 11.2. The SMILES string of the molecule is Cc1cc(C)c2ccc3c(C)cc(C)nc3c2n1. The van der Waals surface area contributed by atoms with Gasteiger partial charge in [-0.3, -0.25) is 9.97 Å². The van der Waals surface area contributed by atoms with E-state index < -0.39 is 0 Å². The third kappa shape index (κ3) is 1.57. The summed E-state index contributed by atoms with van der Waals surface area (Å²) >= 11 is 0. The molecule has 0 bridgehead atoms. The fourth-order valence-corrected chi connectivity index (χ4v) is 2.64. The van der Waals surface area contributed by atoms with Crippen LogP contribution in [0, 0.1) is 27.7 Å². The Morgan fingerprint density at radius 2 is 1.06 bits per heavy atom. The highest BCUT2D eigenvalue weighted by molar-refractivity contribution is 6.04. The van der Waals surface area contributed by atoms with Crippen molar-refractivity contribution in [3.63, 3.8) is 0 Å². The van der Waals surface area contributed by atoms with Gasteiger partial charge in [-0.25, -0.2) is 0 Å². The average molecular weight is 236 g/mol. The summed E-state index contributed by atoms with van der Waals surface area (Å²) in [5, 5.41) is 2.40. The van der Waals surface area contributed by atoms with Gasteiger partial charge in [0.1, 0.15) is 0 Å². The van der Waals surface area contributed by atoms with Crippen molar-refractivity contribution in [3.8, 4) is 0 Å². The lowest BCUT2D eigenvalue weighted by molar-refractivity contribution is 1.21. The number of rotatable bonds is 0. The van der Waals surface area contributed by atoms with Crippen LogP contribution < -0.4 is 0 Å². The quantitative estimate of drug-likeness (QED) is 0.551. The largest absolute Gasteiger partial charge is 0.251 e. The monoisotopic (exact) mass is 236 g/mol. The van der Waals surface area contributed by atoms with Gasteiger partial charge in [-0.2, -0.15) is 0 Å². The lowest BCUT2D eigenvalue weighted by Crippen LogP contribution is -1.93. The van der Waals surface area contributed by atoms with Gasteiger partial charge < -0.3 is 0 Å². The Hall–Kier alpha value is -1.96. The van der Waals surface area contributed by atoms with E-state index in [1.54, 1.807) is 0 Å². The number of nitrogens with zero attached hydrogens (tertiary/aromatic N) is 2. The van der Waals surface area contributed by atoms with Crippen LogP contribution in [0.15, 0.2) is 24.3 Å². The summed E-state index contributed by atoms with van der Waals surface area (Å²) in [6, 6.07) is 8.56. The Kier molecular flexibility index (Phi) is 2.34. The van der Waals surface area contributed by atoms with E-state index in [4.69, 9.17) is 0 Å². The van der Waals surface area contributed by atoms with E-state index in [1.165, 1.54) is 21.9 Å². The van der Waals surface area contributed by atoms with Gasteiger partial charge in [0.2, 0.25) is 0 Å². The second kappa shape index (κ2) is 3.77. The maximum absolute atomic E-state index is 4.68. The van der Waals surface area contributed by atoms with Crippen LogP contribution in [0.25, 0.3) is 21.8 Å². The predicted molar refractivity (Wildman–Crippen MR) is 76.0 cm³/mol. The van der Waals surface area contributed by atoms with Crippen LogP contribution in [-0.4, -0.2) is 9.97 Å². The average Bonchev–Trinajstić information content (AvgIpc) is 2.28. The lowest BCUT2D eigenvalue weighted by Gasteiger charge is -2.09. The first-order valence-corrected chi connectivity index (χ1v) is 6.21. The van der Waals surface area contributed by atoms with Crippen LogP contribution >= 0.6 is 0 Å². The first-order chi connectivity index (χ1) is 8.56. The molecule has 0 radical (unpaired) electrons. The van der Waals surface area contributed by atoms with Gasteiger partial charge in [0.15, 0.2) is 0 Å². The van der Waals surface area contributed by atoms with E-state index in [1.807, 2.05) is 13.8 Å². The zero-order valence-electron chi connectivity index (χ0n) is 11.2. The molecule has 0 N–H and O–H groups in total. The number of benzene rings is 1. The Morgan fingerprint density at radius 1 is 0.667 bits per heavy atom. The number of pyridine rings is 2. The van der Waals surface area contributed by atoms with E-state index in [9.17, 15) is 0 Å². The second-order valence-corrected chi connectivity index (χ2v) is 5.02. The molecule has 0 fully saturated rings. The molecule has 1 aromatic carbocycles. The van der Waals surface area contributed by atoms with Crippen molar-refractivity contribution in [2.45, 2.75) is 27.7 Å². The number of aryl methyl sites for hydroxylation is 4. The van der Waals surface area contributed by atoms with Crippen molar-refractivity contribution in [2.75, 3.05) is 0 Å². The van der Waals surface area contributed by atoms with Crippen molar-refractivity contribution in [1.82, 2.24) is 9.97 Å². The molecule has 2 heterocycles. The van der Waals surface area contributed by atoms with E-state index >= 15 is 0 Å². The van der Waals surface area contributed by atoms with Crippen molar-refractivity contribution < 1.29 is 0 Å². The van der Waals surface area contributed by atoms with Crippen LogP contribution in [0.3, 0.4) is 0 Å². The molecule has 0 saturated heterocycles. The maximum Gasteiger partial charge on any atom is 0.0970 e. The van der Waals surface area contributed by atoms with Gasteiger partial charge in [0.05, 0.1) is 11.0 Å². The minimum Gasteiger partial charge on any atom is -0.251 e. The van der Waals surface area contributed by atoms with E-state index in [2.05, 4.69) is 48.1 Å². The normalized spacial score (nSPS) is 11.3. The number of fused-ring (bicyclic) bond motifs is 3. The first kappa shape index (κ1) is 11.1. The van der Waals surface area contributed by atoms with E-state index in [-0.39, 0.29) is 0 Å². The molecule has 0 atom stereocenters. The molecule has 3 aromatic rings. The molecule has 0 spiro atoms. The van der Waals surface area contributed by atoms with E-state index in [0.29, 0.717) is 0 Å². The van der Waals surface area contributed by atoms with Crippen LogP contribution in [-0.2, 0) is 0 Å². The zero-order chi connectivity index (χ0) is 12.9. The summed E-state index contributed by atoms with van der Waals surface area (Å²) < 4.78 is 0. The topological polar surface area (TPSA) is 25.8 Å². The van der Waals surface area contributed by atoms with Crippen molar-refractivity contribution in [2.24, 2.45) is 0 Å². The fraction of sp³-hybridized carbons (Fsp3) is 0.250. The molecular formula is C16H16N2. The van der Waals surface area contributed by atoms with Crippen LogP contribution in [0.5, 0.6) is 0 Å². The Balaban J connectivity index is 2.60. The highest BCUT2D eigenvalue weighted by atomic mass is 14.8. The Bertz CT molecular complexity index is 706. The molecule has 0 aliphatic carbocycles. The van der Waals surface area contributed by atoms with Crippen LogP contribution in [0.4, 0.5) is 0 Å². The molecule has 0 saturated carbocycles. The van der Waals surface area contributed by atoms with Gasteiger partial charge in [0, 0.05) is 22.2 Å². The minimum absolute atomic E-state index is 1.02. The highest BCUT2D eigenvalue weighted by Crippen LogP contribution is 2.27. The molecule has 3 rings (SSSR count). The molecule has 0 unspecified atom stereocenters. The molecule has 0 aliphatic heterocycles. The second-order valence-electron chi connectivity index (χ2n) is 5.02. The Labute approximate surface area is 107 Å². The van der Waals surface area contributed by atoms with Gasteiger partial charge in [0.25, 0.3) is 0 Å². The smallest absolute Gasteiger partial charge is 0.0970 e. The molecule has 2 nitrogen and oxygen atoms in total. The van der Waals surface area contributed by atoms with Crippen LogP contribution in [0.2, 0.25) is 0 Å². The molecule has 2 aromatic heterocycles. The molecule has 0 aliphatic rings. The summed E-state index contributed by atoms with van der Waals surface area (Å²) in [4.78, 5) is 9.37. The number of hydrogen-bond acceptors (Lipinski definition) is 2. The van der Waals surface area contributed by atoms with Gasteiger partial charge in [-0.15, -0.1) is 0 Å². The molecular weight excluding hydrogens is 220 g/mol. The minimum atomic E-state index is 1.02. The summed E-state index contributed by atoms with van der Waals surface area (Å²) in [5.74, 6) is 0. The van der Waals surface area contributed by atoms with Gasteiger partial charge in [-0.1, -0.05) is 12.1 Å². The maximum atomic E-state index is 4.68. The third-order valence-electron chi connectivity index (χ3n) is 3.43. The first-order valence-electron chi connectivity index (χ1n) is 6.21. The van der Waals surface area contributed by atoms with Gasteiger partial charge >= 0.3 is 0 Å². The number of hydrogen-bond donors (Lipinski definition) is 0. The van der Waals surface area contributed by atoms with Crippen LogP contribution in [0.1, 0.15) is 22.5 Å². The molecule has 0 amide bonds. The predicted octanol–water partition coefficient (Wildman–Crippen LogP) is 4.02. The van der Waals surface area contributed by atoms with Crippen molar-refractivity contribution >= 4 is 21.8 Å². The van der Waals surface area contributed by atoms with Gasteiger partial charge in [-0.05, 0) is 51.0 Å². The summed E-state index contributed by atoms with van der Waals surface area (Å²) in [6.45, 7) is 8.33. The summed E-state index contributed by atoms with van der Waals surface area (Å²) in [5.41, 5.74) is 6.68. The molecule has 90 valence electrons. The summed E-state index contributed by atoms with van der Waals surface area (Å²) in [6.07, 6.45) is 0. The third-order valence-corrected chi connectivity index (χ3v) is 3.43. The number of aromatic nitrogens is 2. The summed E-state index contributed by atoms with van der Waals surface area (Å²) in [7, 11) is 0. The highest BCUT2D eigenvalue weighted by Gasteiger charge is 2.08. The molecule has 18 heavy (non-hydrogen) atoms. The Morgan fingerprint density at radius 3 is 1.44 bits per heavy atom. The molecule has 2 heteroatoms. The van der Waals surface area contributed by atoms with Crippen molar-refractivity contribution in [1.29, 1.82) is 0 Å². The fourth-order valence-electron chi connectivity index (χ4n) is 2.64. The standard InChI is InChI=1S/C16H16N2/c1-9-7-11(3)17-15-13(9)5-6-14-10(2)8-12(4)18-16(14)15/h5-8H,1-4H3. The van der Waals surface area contributed by atoms with Crippen molar-refractivity contribution in [3.05, 3.63) is 46.8 Å².